The minimum absolute atomic E-state index is 0.758. The normalized spacial score (nSPS) is 10.4. The first-order valence-corrected chi connectivity index (χ1v) is 7.82. The highest BCUT2D eigenvalue weighted by Gasteiger charge is 2.11. The minimum Gasteiger partial charge on any atom is -0.496 e. The van der Waals surface area contributed by atoms with Gasteiger partial charge in [-0.3, -0.25) is 0 Å². The van der Waals surface area contributed by atoms with E-state index in [-0.39, 0.29) is 0 Å². The van der Waals surface area contributed by atoms with E-state index in [1.54, 1.807) is 21.3 Å². The Morgan fingerprint density at radius 3 is 2.27 bits per heavy atom. The molecule has 0 aliphatic rings. The van der Waals surface area contributed by atoms with Crippen molar-refractivity contribution in [2.75, 3.05) is 21.3 Å². The summed E-state index contributed by atoms with van der Waals surface area (Å²) in [5.41, 5.74) is 2.26. The van der Waals surface area contributed by atoms with Gasteiger partial charge in [0.2, 0.25) is 0 Å². The van der Waals surface area contributed by atoms with Crippen LogP contribution < -0.4 is 19.5 Å². The van der Waals surface area contributed by atoms with Crippen LogP contribution in [0.3, 0.4) is 0 Å². The highest BCUT2D eigenvalue weighted by molar-refractivity contribution is 9.10. The standard InChI is InChI=1S/C17H20BrNO3/c1-20-15-8-7-14(18)9-13(15)11-19-10-12-5-4-6-16(21-2)17(12)22-3/h4-9,19H,10-11H2,1-3H3/p+1. The number of quaternary nitrogens is 1. The van der Waals surface area contributed by atoms with Gasteiger partial charge in [-0.25, -0.2) is 0 Å². The van der Waals surface area contributed by atoms with E-state index >= 15 is 0 Å². The second-order valence-electron chi connectivity index (χ2n) is 4.81. The van der Waals surface area contributed by atoms with Crippen LogP contribution in [0.4, 0.5) is 0 Å². The zero-order chi connectivity index (χ0) is 15.9. The van der Waals surface area contributed by atoms with Crippen LogP contribution in [0, 0.1) is 0 Å². The first kappa shape index (κ1) is 16.6. The summed E-state index contributed by atoms with van der Waals surface area (Å²) >= 11 is 3.50. The van der Waals surface area contributed by atoms with Crippen LogP contribution in [0.25, 0.3) is 0 Å². The summed E-state index contributed by atoms with van der Waals surface area (Å²) < 4.78 is 17.2. The molecule has 0 unspecified atom stereocenters. The molecule has 0 atom stereocenters. The fourth-order valence-electron chi connectivity index (χ4n) is 2.40. The molecule has 0 aliphatic heterocycles. The number of ether oxygens (including phenoxy) is 3. The third kappa shape index (κ3) is 3.93. The molecule has 0 aromatic heterocycles. The van der Waals surface area contributed by atoms with Crippen LogP contribution in [-0.2, 0) is 13.1 Å². The van der Waals surface area contributed by atoms with Crippen molar-refractivity contribution in [2.45, 2.75) is 13.1 Å². The van der Waals surface area contributed by atoms with Crippen LogP contribution in [0.5, 0.6) is 17.2 Å². The molecule has 0 spiro atoms. The van der Waals surface area contributed by atoms with E-state index < -0.39 is 0 Å². The van der Waals surface area contributed by atoms with Gasteiger partial charge in [0.05, 0.1) is 26.9 Å². The molecule has 0 saturated heterocycles. The maximum atomic E-state index is 5.46. The molecular formula is C17H21BrNO3+. The summed E-state index contributed by atoms with van der Waals surface area (Å²) in [4.78, 5) is 0. The van der Waals surface area contributed by atoms with E-state index in [0.29, 0.717) is 0 Å². The van der Waals surface area contributed by atoms with Gasteiger partial charge < -0.3 is 19.5 Å². The van der Waals surface area contributed by atoms with E-state index in [9.17, 15) is 0 Å². The van der Waals surface area contributed by atoms with Gasteiger partial charge in [0, 0.05) is 10.0 Å². The van der Waals surface area contributed by atoms with Gasteiger partial charge in [-0.1, -0.05) is 22.0 Å². The maximum absolute atomic E-state index is 5.46. The molecule has 5 heteroatoms. The Morgan fingerprint density at radius 1 is 0.864 bits per heavy atom. The highest BCUT2D eigenvalue weighted by Crippen LogP contribution is 2.30. The zero-order valence-electron chi connectivity index (χ0n) is 13.1. The van der Waals surface area contributed by atoms with Gasteiger partial charge in [0.15, 0.2) is 11.5 Å². The Morgan fingerprint density at radius 2 is 1.59 bits per heavy atom. The molecule has 22 heavy (non-hydrogen) atoms. The van der Waals surface area contributed by atoms with E-state index in [1.165, 1.54) is 0 Å². The summed E-state index contributed by atoms with van der Waals surface area (Å²) in [5.74, 6) is 2.45. The lowest BCUT2D eigenvalue weighted by molar-refractivity contribution is -0.686. The Bertz CT molecular complexity index is 631. The minimum atomic E-state index is 0.758. The van der Waals surface area contributed by atoms with E-state index in [2.05, 4.69) is 33.4 Å². The molecule has 0 bridgehead atoms. The number of halogens is 1. The van der Waals surface area contributed by atoms with Gasteiger partial charge >= 0.3 is 0 Å². The number of rotatable bonds is 7. The molecule has 2 aromatic carbocycles. The van der Waals surface area contributed by atoms with E-state index in [4.69, 9.17) is 14.2 Å². The van der Waals surface area contributed by atoms with Crippen LogP contribution in [0.1, 0.15) is 11.1 Å². The lowest BCUT2D eigenvalue weighted by Crippen LogP contribution is -2.80. The second kappa shape index (κ2) is 8.06. The van der Waals surface area contributed by atoms with Gasteiger partial charge in [-0.2, -0.15) is 0 Å². The number of benzene rings is 2. The summed E-state index contributed by atoms with van der Waals surface area (Å²) in [5, 5.41) is 2.21. The van der Waals surface area contributed by atoms with Crippen molar-refractivity contribution < 1.29 is 19.5 Å². The van der Waals surface area contributed by atoms with Crippen LogP contribution in [0.2, 0.25) is 0 Å². The average Bonchev–Trinajstić information content (AvgIpc) is 2.54. The van der Waals surface area contributed by atoms with E-state index in [0.717, 1.165) is 45.9 Å². The quantitative estimate of drug-likeness (QED) is 0.819. The highest BCUT2D eigenvalue weighted by atomic mass is 79.9. The van der Waals surface area contributed by atoms with Crippen molar-refractivity contribution in [3.63, 3.8) is 0 Å². The predicted molar refractivity (Wildman–Crippen MR) is 89.6 cm³/mol. The summed E-state index contributed by atoms with van der Waals surface area (Å²) in [7, 11) is 5.01. The Labute approximate surface area is 139 Å². The monoisotopic (exact) mass is 366 g/mol. The third-order valence-electron chi connectivity index (χ3n) is 3.46. The topological polar surface area (TPSA) is 44.3 Å². The first-order chi connectivity index (χ1) is 10.7. The summed E-state index contributed by atoms with van der Waals surface area (Å²) in [6, 6.07) is 12.0. The number of methoxy groups -OCH3 is 3. The molecule has 4 nitrogen and oxygen atoms in total. The van der Waals surface area contributed by atoms with Gasteiger partial charge in [-0.05, 0) is 30.3 Å². The lowest BCUT2D eigenvalue weighted by Gasteiger charge is -2.12. The Kier molecular flexibility index (Phi) is 6.10. The van der Waals surface area contributed by atoms with Crippen molar-refractivity contribution in [3.8, 4) is 17.2 Å². The molecule has 2 N–H and O–H groups in total. The molecule has 2 aromatic rings. The van der Waals surface area contributed by atoms with Crippen molar-refractivity contribution >= 4 is 15.9 Å². The SMILES string of the molecule is COc1ccc(Br)cc1C[NH2+]Cc1cccc(OC)c1OC. The Hall–Kier alpha value is -1.72. The van der Waals surface area contributed by atoms with Crippen LogP contribution in [-0.4, -0.2) is 21.3 Å². The molecule has 0 heterocycles. The van der Waals surface area contributed by atoms with Gasteiger partial charge in [-0.15, -0.1) is 0 Å². The molecule has 0 aliphatic carbocycles. The Balaban J connectivity index is 2.07. The number of nitrogens with two attached hydrogens (primary N) is 1. The maximum Gasteiger partial charge on any atom is 0.169 e. The van der Waals surface area contributed by atoms with Gasteiger partial charge in [0.25, 0.3) is 0 Å². The summed E-state index contributed by atoms with van der Waals surface area (Å²) in [6.45, 7) is 1.62. The predicted octanol–water partition coefficient (Wildman–Crippen LogP) is 2.74. The molecule has 0 fully saturated rings. The molecule has 2 rings (SSSR count). The average molecular weight is 367 g/mol. The molecule has 0 radical (unpaired) electrons. The molecule has 0 saturated carbocycles. The largest absolute Gasteiger partial charge is 0.496 e. The zero-order valence-corrected chi connectivity index (χ0v) is 14.6. The number of hydrogen-bond acceptors (Lipinski definition) is 3. The van der Waals surface area contributed by atoms with E-state index in [1.807, 2.05) is 24.3 Å². The fraction of sp³-hybridized carbons (Fsp3) is 0.294. The fourth-order valence-corrected chi connectivity index (χ4v) is 2.81. The van der Waals surface area contributed by atoms with Crippen molar-refractivity contribution in [1.82, 2.24) is 0 Å². The van der Waals surface area contributed by atoms with Crippen LogP contribution >= 0.6 is 15.9 Å². The molecular weight excluding hydrogens is 346 g/mol. The number of para-hydroxylation sites is 1. The second-order valence-corrected chi connectivity index (χ2v) is 5.72. The third-order valence-corrected chi connectivity index (χ3v) is 3.95. The lowest BCUT2D eigenvalue weighted by atomic mass is 10.1. The van der Waals surface area contributed by atoms with Gasteiger partial charge in [0.1, 0.15) is 18.8 Å². The van der Waals surface area contributed by atoms with Crippen molar-refractivity contribution in [1.29, 1.82) is 0 Å². The van der Waals surface area contributed by atoms with Crippen molar-refractivity contribution in [2.24, 2.45) is 0 Å². The number of hydrogen-bond donors (Lipinski definition) is 1. The molecule has 0 amide bonds. The summed E-state index contributed by atoms with van der Waals surface area (Å²) in [6.07, 6.45) is 0. The first-order valence-electron chi connectivity index (χ1n) is 7.03. The van der Waals surface area contributed by atoms with Crippen LogP contribution in [0.15, 0.2) is 40.9 Å². The molecule has 118 valence electrons. The van der Waals surface area contributed by atoms with Crippen molar-refractivity contribution in [3.05, 3.63) is 52.0 Å². The smallest absolute Gasteiger partial charge is 0.169 e.